The van der Waals surface area contributed by atoms with Crippen LogP contribution in [0.4, 0.5) is 21.9 Å². The molecule has 1 aromatic heterocycles. The van der Waals surface area contributed by atoms with Crippen molar-refractivity contribution >= 4 is 23.1 Å². The molecular formula is C22H26N6O. The van der Waals surface area contributed by atoms with E-state index >= 15 is 0 Å². The van der Waals surface area contributed by atoms with Gasteiger partial charge in [0.25, 0.3) is 0 Å². The van der Waals surface area contributed by atoms with E-state index in [1.807, 2.05) is 24.0 Å². The first-order valence-electron chi connectivity index (χ1n) is 10.1. The average molecular weight is 390 g/mol. The molecule has 2 heterocycles. The zero-order chi connectivity index (χ0) is 20.5. The first-order valence-corrected chi connectivity index (χ1v) is 10.1. The highest BCUT2D eigenvalue weighted by atomic mass is 16.2. The molecule has 7 nitrogen and oxygen atoms in total. The Morgan fingerprint density at radius 3 is 2.52 bits per heavy atom. The standard InChI is InChI=1S/C22H26N6O/c1-14-9-19(7-8-20(14)23-4)27-12-16(3)28(13-15(27)2)22(29)26-18-10-24-21(25-11-18)17-5-6-17/h7-11,15-17H,5-6,12-13H2,1-3H3,(H,26,29)/t15-,16+/m0/s1. The van der Waals surface area contributed by atoms with Crippen molar-refractivity contribution in [2.45, 2.75) is 51.6 Å². The summed E-state index contributed by atoms with van der Waals surface area (Å²) < 4.78 is 0. The minimum absolute atomic E-state index is 0.0544. The topological polar surface area (TPSA) is 65.7 Å². The molecule has 1 saturated carbocycles. The Morgan fingerprint density at radius 1 is 1.17 bits per heavy atom. The Hall–Kier alpha value is -3.14. The number of aromatic nitrogens is 2. The number of urea groups is 1. The molecule has 150 valence electrons. The van der Waals surface area contributed by atoms with Crippen molar-refractivity contribution in [1.29, 1.82) is 0 Å². The predicted molar refractivity (Wildman–Crippen MR) is 113 cm³/mol. The molecule has 0 bridgehead atoms. The van der Waals surface area contributed by atoms with Crippen molar-refractivity contribution in [3.8, 4) is 0 Å². The molecule has 2 aromatic rings. The van der Waals surface area contributed by atoms with Gasteiger partial charge in [-0.15, -0.1) is 0 Å². The monoisotopic (exact) mass is 390 g/mol. The van der Waals surface area contributed by atoms with Crippen LogP contribution in [0.1, 0.15) is 44.0 Å². The molecule has 2 atom stereocenters. The molecule has 4 rings (SSSR count). The van der Waals surface area contributed by atoms with E-state index in [0.29, 0.717) is 23.8 Å². The van der Waals surface area contributed by atoms with Gasteiger partial charge in [0.2, 0.25) is 0 Å². The van der Waals surface area contributed by atoms with Crippen molar-refractivity contribution < 1.29 is 4.79 Å². The average Bonchev–Trinajstić information content (AvgIpc) is 3.55. The highest BCUT2D eigenvalue weighted by molar-refractivity contribution is 5.89. The van der Waals surface area contributed by atoms with E-state index in [0.717, 1.165) is 36.5 Å². The number of carbonyl (C=O) groups is 1. The number of amides is 2. The number of nitrogens with one attached hydrogen (secondary N) is 1. The van der Waals surface area contributed by atoms with Crippen LogP contribution >= 0.6 is 0 Å². The Balaban J connectivity index is 1.42. The maximum absolute atomic E-state index is 12.8. The zero-order valence-corrected chi connectivity index (χ0v) is 17.1. The number of aryl methyl sites for hydroxylation is 1. The van der Waals surface area contributed by atoms with Gasteiger partial charge < -0.3 is 15.1 Å². The third-order valence-corrected chi connectivity index (χ3v) is 5.74. The van der Waals surface area contributed by atoms with E-state index in [1.165, 1.54) is 0 Å². The van der Waals surface area contributed by atoms with Crippen LogP contribution in [-0.2, 0) is 0 Å². The van der Waals surface area contributed by atoms with Crippen molar-refractivity contribution in [3.63, 3.8) is 0 Å². The summed E-state index contributed by atoms with van der Waals surface area (Å²) in [6.07, 6.45) is 5.71. The van der Waals surface area contributed by atoms with Crippen molar-refractivity contribution in [3.05, 3.63) is 53.4 Å². The minimum Gasteiger partial charge on any atom is -0.365 e. The summed E-state index contributed by atoms with van der Waals surface area (Å²) in [7, 11) is 0. The van der Waals surface area contributed by atoms with Gasteiger partial charge in [-0.05, 0) is 51.3 Å². The lowest BCUT2D eigenvalue weighted by Crippen LogP contribution is -2.59. The third-order valence-electron chi connectivity index (χ3n) is 5.74. The van der Waals surface area contributed by atoms with Crippen molar-refractivity contribution in [2.24, 2.45) is 0 Å². The Bertz CT molecular complexity index is 947. The van der Waals surface area contributed by atoms with E-state index in [2.05, 4.69) is 44.9 Å². The Morgan fingerprint density at radius 2 is 1.90 bits per heavy atom. The van der Waals surface area contributed by atoms with Gasteiger partial charge >= 0.3 is 6.03 Å². The number of carbonyl (C=O) groups excluding carboxylic acids is 1. The van der Waals surface area contributed by atoms with Crippen LogP contribution in [0.2, 0.25) is 0 Å². The van der Waals surface area contributed by atoms with E-state index in [4.69, 9.17) is 6.57 Å². The summed E-state index contributed by atoms with van der Waals surface area (Å²) >= 11 is 0. The van der Waals surface area contributed by atoms with Crippen LogP contribution in [-0.4, -0.2) is 46.1 Å². The first kappa shape index (κ1) is 19.2. The van der Waals surface area contributed by atoms with E-state index in [1.54, 1.807) is 12.4 Å². The van der Waals surface area contributed by atoms with Crippen molar-refractivity contribution in [1.82, 2.24) is 14.9 Å². The van der Waals surface area contributed by atoms with Gasteiger partial charge in [0, 0.05) is 36.8 Å². The fourth-order valence-electron chi connectivity index (χ4n) is 3.86. The van der Waals surface area contributed by atoms with Crippen LogP contribution in [0, 0.1) is 13.5 Å². The van der Waals surface area contributed by atoms with Crippen LogP contribution in [0.25, 0.3) is 4.85 Å². The molecule has 1 aromatic carbocycles. The fraction of sp³-hybridized carbons (Fsp3) is 0.455. The summed E-state index contributed by atoms with van der Waals surface area (Å²) in [5.41, 5.74) is 3.39. The van der Waals surface area contributed by atoms with Gasteiger partial charge in [-0.25, -0.2) is 19.6 Å². The Kier molecular flexibility index (Phi) is 5.10. The number of rotatable bonds is 3. The summed E-state index contributed by atoms with van der Waals surface area (Å²) in [6, 6.07) is 6.04. The Labute approximate surface area is 171 Å². The lowest BCUT2D eigenvalue weighted by Gasteiger charge is -2.45. The molecule has 1 aliphatic carbocycles. The number of hydrogen-bond acceptors (Lipinski definition) is 4. The molecule has 2 amide bonds. The van der Waals surface area contributed by atoms with Gasteiger partial charge in [0.1, 0.15) is 5.82 Å². The largest absolute Gasteiger partial charge is 0.365 e. The lowest BCUT2D eigenvalue weighted by molar-refractivity contribution is 0.173. The molecule has 1 saturated heterocycles. The highest BCUT2D eigenvalue weighted by Gasteiger charge is 2.32. The van der Waals surface area contributed by atoms with Crippen LogP contribution in [0.3, 0.4) is 0 Å². The van der Waals surface area contributed by atoms with Crippen molar-refractivity contribution in [2.75, 3.05) is 23.3 Å². The summed E-state index contributed by atoms with van der Waals surface area (Å²) in [5.74, 6) is 1.37. The number of nitrogens with zero attached hydrogens (tertiary/aromatic N) is 5. The van der Waals surface area contributed by atoms with Crippen LogP contribution in [0.5, 0.6) is 0 Å². The molecular weight excluding hydrogens is 364 g/mol. The third kappa shape index (κ3) is 4.02. The van der Waals surface area contributed by atoms with Gasteiger partial charge in [-0.2, -0.15) is 0 Å². The van der Waals surface area contributed by atoms with E-state index < -0.39 is 0 Å². The minimum atomic E-state index is -0.119. The molecule has 29 heavy (non-hydrogen) atoms. The lowest BCUT2D eigenvalue weighted by atomic mass is 10.1. The highest BCUT2D eigenvalue weighted by Crippen LogP contribution is 2.37. The first-order chi connectivity index (χ1) is 14.0. The predicted octanol–water partition coefficient (Wildman–Crippen LogP) is 4.34. The molecule has 1 N–H and O–H groups in total. The molecule has 2 fully saturated rings. The SMILES string of the molecule is [C-]#[N+]c1ccc(N2C[C@@H](C)N(C(=O)Nc3cnc(C4CC4)nc3)C[C@@H]2C)cc1C. The molecule has 0 unspecified atom stereocenters. The second-order valence-electron chi connectivity index (χ2n) is 8.12. The molecule has 2 aliphatic rings. The molecule has 0 spiro atoms. The normalized spacial score (nSPS) is 21.6. The van der Waals surface area contributed by atoms with E-state index in [9.17, 15) is 4.79 Å². The smallest absolute Gasteiger partial charge is 0.322 e. The quantitative estimate of drug-likeness (QED) is 0.792. The summed E-state index contributed by atoms with van der Waals surface area (Å²) in [6.45, 7) is 14.7. The molecule has 1 aliphatic heterocycles. The van der Waals surface area contributed by atoms with Gasteiger partial charge in [-0.3, -0.25) is 0 Å². The number of piperazine rings is 1. The number of anilines is 2. The van der Waals surface area contributed by atoms with Crippen LogP contribution < -0.4 is 10.2 Å². The summed E-state index contributed by atoms with van der Waals surface area (Å²) in [4.78, 5) is 29.3. The fourth-order valence-corrected chi connectivity index (χ4v) is 3.86. The second kappa shape index (κ2) is 7.70. The molecule has 0 radical (unpaired) electrons. The number of hydrogen-bond donors (Lipinski definition) is 1. The molecule has 7 heteroatoms. The second-order valence-corrected chi connectivity index (χ2v) is 8.12. The van der Waals surface area contributed by atoms with Gasteiger partial charge in [0.15, 0.2) is 5.69 Å². The van der Waals surface area contributed by atoms with E-state index in [-0.39, 0.29) is 18.1 Å². The number of benzene rings is 1. The van der Waals surface area contributed by atoms with Gasteiger partial charge in [0.05, 0.1) is 24.7 Å². The van der Waals surface area contributed by atoms with Gasteiger partial charge in [-0.1, -0.05) is 6.07 Å². The zero-order valence-electron chi connectivity index (χ0n) is 17.1. The maximum Gasteiger partial charge on any atom is 0.322 e. The summed E-state index contributed by atoms with van der Waals surface area (Å²) in [5, 5.41) is 2.94. The van der Waals surface area contributed by atoms with Crippen LogP contribution in [0.15, 0.2) is 30.6 Å². The maximum atomic E-state index is 12.8.